The van der Waals surface area contributed by atoms with Crippen molar-refractivity contribution < 1.29 is 9.53 Å². The Kier molecular flexibility index (Phi) is 7.75. The topological polar surface area (TPSA) is 26.3 Å². The van der Waals surface area contributed by atoms with Crippen LogP contribution < -0.4 is 0 Å². The van der Waals surface area contributed by atoms with Crippen molar-refractivity contribution in [2.24, 2.45) is 46.3 Å². The fourth-order valence-corrected chi connectivity index (χ4v) is 10.5. The van der Waals surface area contributed by atoms with Gasteiger partial charge >= 0.3 is 5.97 Å². The maximum Gasteiger partial charge on any atom is 0.302 e. The number of carbonyl (C=O) groups excluding carboxylic acids is 1. The molecule has 0 saturated heterocycles. The summed E-state index contributed by atoms with van der Waals surface area (Å²) in [5.41, 5.74) is 2.58. The van der Waals surface area contributed by atoms with Crippen LogP contribution in [0.1, 0.15) is 105 Å². The molecule has 0 spiro atoms. The van der Waals surface area contributed by atoms with Crippen LogP contribution in [0.25, 0.3) is 0 Å². The Morgan fingerprint density at radius 1 is 1.12 bits per heavy atom. The van der Waals surface area contributed by atoms with Gasteiger partial charge in [0.05, 0.1) is 0 Å². The van der Waals surface area contributed by atoms with Crippen LogP contribution in [0.15, 0.2) is 11.6 Å². The van der Waals surface area contributed by atoms with Crippen molar-refractivity contribution in [3.05, 3.63) is 11.6 Å². The van der Waals surface area contributed by atoms with Crippen LogP contribution in [0.2, 0.25) is 0 Å². The average molecular weight is 555 g/mol. The van der Waals surface area contributed by atoms with Gasteiger partial charge in [0.15, 0.2) is 0 Å². The maximum absolute atomic E-state index is 11.6. The lowest BCUT2D eigenvalue weighted by Gasteiger charge is -2.59. The molecule has 32 heavy (non-hydrogen) atoms. The van der Waals surface area contributed by atoms with E-state index < -0.39 is 0 Å². The van der Waals surface area contributed by atoms with Crippen molar-refractivity contribution in [1.82, 2.24) is 0 Å². The van der Waals surface area contributed by atoms with E-state index in [-0.39, 0.29) is 12.1 Å². The lowest BCUT2D eigenvalue weighted by Crippen LogP contribution is -2.52. The molecule has 3 fully saturated rings. The molecular weight excluding hydrogens is 507 g/mol. The number of hydrogen-bond donors (Lipinski definition) is 0. The van der Waals surface area contributed by atoms with Crippen molar-refractivity contribution in [2.75, 3.05) is 4.43 Å². The molecule has 182 valence electrons. The Labute approximate surface area is 211 Å². The molecule has 0 aromatic carbocycles. The van der Waals surface area contributed by atoms with Crippen LogP contribution in [0.5, 0.6) is 0 Å². The SMILES string of the molecule is CC(=O)OC1CC[C@@]2(CI)C(=CC[C@@H]3[C@@H]2CC[C@]2(C)[C@@H]([C@H](C)CCCC(C)C)CC[C@@H]32)C1. The molecule has 4 aliphatic rings. The minimum absolute atomic E-state index is 0.112. The summed E-state index contributed by atoms with van der Waals surface area (Å²) in [5, 5.41) is 0. The van der Waals surface area contributed by atoms with Gasteiger partial charge < -0.3 is 4.74 Å². The molecule has 4 aliphatic carbocycles. The van der Waals surface area contributed by atoms with Crippen LogP contribution in [0, 0.1) is 46.3 Å². The molecule has 0 radical (unpaired) electrons. The summed E-state index contributed by atoms with van der Waals surface area (Å²) in [6, 6.07) is 0. The van der Waals surface area contributed by atoms with Crippen LogP contribution >= 0.6 is 22.6 Å². The smallest absolute Gasteiger partial charge is 0.302 e. The first-order valence-corrected chi connectivity index (χ1v) is 15.2. The molecule has 2 nitrogen and oxygen atoms in total. The molecule has 0 heterocycles. The van der Waals surface area contributed by atoms with Gasteiger partial charge in [0.1, 0.15) is 6.10 Å². The number of hydrogen-bond acceptors (Lipinski definition) is 2. The molecular formula is C29H47IO2. The van der Waals surface area contributed by atoms with E-state index >= 15 is 0 Å². The molecule has 8 atom stereocenters. The first kappa shape index (κ1) is 25.0. The fraction of sp³-hybridized carbons (Fsp3) is 0.897. The van der Waals surface area contributed by atoms with Gasteiger partial charge in [-0.25, -0.2) is 0 Å². The summed E-state index contributed by atoms with van der Waals surface area (Å²) in [6.07, 6.45) is 17.3. The van der Waals surface area contributed by atoms with Gasteiger partial charge in [0.2, 0.25) is 0 Å². The fourth-order valence-electron chi connectivity index (χ4n) is 9.03. The molecule has 4 rings (SSSR count). The minimum atomic E-state index is -0.112. The average Bonchev–Trinajstić information content (AvgIpc) is 3.10. The quantitative estimate of drug-likeness (QED) is 0.137. The van der Waals surface area contributed by atoms with E-state index in [9.17, 15) is 4.79 Å². The number of halogens is 1. The number of esters is 1. The summed E-state index contributed by atoms with van der Waals surface area (Å²) < 4.78 is 6.90. The Bertz CT molecular complexity index is 714. The van der Waals surface area contributed by atoms with Crippen LogP contribution in [-0.2, 0) is 9.53 Å². The highest BCUT2D eigenvalue weighted by Crippen LogP contribution is 2.67. The molecule has 0 aromatic heterocycles. The lowest BCUT2D eigenvalue weighted by molar-refractivity contribution is -0.148. The molecule has 3 saturated carbocycles. The molecule has 0 N–H and O–H groups in total. The largest absolute Gasteiger partial charge is 0.462 e. The lowest BCUT2D eigenvalue weighted by atomic mass is 9.47. The Morgan fingerprint density at radius 2 is 1.91 bits per heavy atom. The summed E-state index contributed by atoms with van der Waals surface area (Å²) in [4.78, 5) is 11.6. The number of rotatable bonds is 7. The van der Waals surface area contributed by atoms with Crippen molar-refractivity contribution in [2.45, 2.75) is 111 Å². The Hall–Kier alpha value is -0.0600. The molecule has 3 heteroatoms. The van der Waals surface area contributed by atoms with E-state index in [0.717, 1.165) is 48.3 Å². The van der Waals surface area contributed by atoms with Gasteiger partial charge in [-0.15, -0.1) is 0 Å². The monoisotopic (exact) mass is 554 g/mol. The zero-order valence-corrected chi connectivity index (χ0v) is 23.5. The van der Waals surface area contributed by atoms with Crippen molar-refractivity contribution >= 4 is 28.6 Å². The van der Waals surface area contributed by atoms with Crippen molar-refractivity contribution in [3.8, 4) is 0 Å². The first-order valence-electron chi connectivity index (χ1n) is 13.6. The van der Waals surface area contributed by atoms with E-state index in [1.807, 2.05) is 0 Å². The normalized spacial score (nSPS) is 42.0. The maximum atomic E-state index is 11.6. The zero-order valence-electron chi connectivity index (χ0n) is 21.3. The summed E-state index contributed by atoms with van der Waals surface area (Å²) in [7, 11) is 0. The number of ether oxygens (including phenoxy) is 1. The second-order valence-corrected chi connectivity index (χ2v) is 13.4. The highest BCUT2D eigenvalue weighted by Gasteiger charge is 2.60. The Morgan fingerprint density at radius 3 is 2.59 bits per heavy atom. The minimum Gasteiger partial charge on any atom is -0.462 e. The third kappa shape index (κ3) is 4.47. The predicted octanol–water partition coefficient (Wildman–Crippen LogP) is 8.37. The van der Waals surface area contributed by atoms with Gasteiger partial charge in [-0.05, 0) is 85.9 Å². The summed E-state index contributed by atoms with van der Waals surface area (Å²) in [5.74, 6) is 5.19. The van der Waals surface area contributed by atoms with Gasteiger partial charge in [-0.2, -0.15) is 0 Å². The zero-order chi connectivity index (χ0) is 23.1. The van der Waals surface area contributed by atoms with Crippen molar-refractivity contribution in [1.29, 1.82) is 0 Å². The van der Waals surface area contributed by atoms with E-state index in [1.165, 1.54) is 62.2 Å². The van der Waals surface area contributed by atoms with Crippen LogP contribution in [-0.4, -0.2) is 16.5 Å². The standard InChI is InChI=1S/C29H47IO2/c1-19(2)7-6-8-20(3)25-11-12-26-24-10-9-22-17-23(32-21(4)31)13-16-29(22,18-30)27(24)14-15-28(25,26)5/h9,19-20,23-27H,6-8,10-18H2,1-5H3/t20-,23?,24+,25-,26+,27+,28-,29-/m1/s1. The highest BCUT2D eigenvalue weighted by molar-refractivity contribution is 14.1. The van der Waals surface area contributed by atoms with Crippen molar-refractivity contribution in [3.63, 3.8) is 0 Å². The van der Waals surface area contributed by atoms with Gasteiger partial charge in [0.25, 0.3) is 0 Å². The van der Waals surface area contributed by atoms with Crippen LogP contribution in [0.3, 0.4) is 0 Å². The first-order chi connectivity index (χ1) is 15.2. The highest BCUT2D eigenvalue weighted by atomic mass is 127. The second kappa shape index (κ2) is 9.90. The van der Waals surface area contributed by atoms with E-state index in [1.54, 1.807) is 12.5 Å². The van der Waals surface area contributed by atoms with Crippen LogP contribution in [0.4, 0.5) is 0 Å². The van der Waals surface area contributed by atoms with E-state index in [4.69, 9.17) is 4.74 Å². The molecule has 0 aromatic rings. The van der Waals surface area contributed by atoms with E-state index in [0.29, 0.717) is 10.8 Å². The predicted molar refractivity (Wildman–Crippen MR) is 142 cm³/mol. The number of alkyl halides is 1. The number of carbonyl (C=O) groups is 1. The molecule has 0 bridgehead atoms. The van der Waals surface area contributed by atoms with Gasteiger partial charge in [-0.1, -0.05) is 81.2 Å². The summed E-state index contributed by atoms with van der Waals surface area (Å²) >= 11 is 2.68. The second-order valence-electron chi connectivity index (χ2n) is 12.6. The third-order valence-corrected chi connectivity index (χ3v) is 11.9. The number of allylic oxidation sites excluding steroid dienone is 1. The molecule has 0 aliphatic heterocycles. The molecule has 1 unspecified atom stereocenters. The summed E-state index contributed by atoms with van der Waals surface area (Å²) in [6.45, 7) is 11.6. The Balaban J connectivity index is 1.50. The van der Waals surface area contributed by atoms with E-state index in [2.05, 4.69) is 56.4 Å². The van der Waals surface area contributed by atoms with Gasteiger partial charge in [0, 0.05) is 23.2 Å². The number of fused-ring (bicyclic) bond motifs is 5. The third-order valence-electron chi connectivity index (χ3n) is 10.6. The molecule has 0 amide bonds. The van der Waals surface area contributed by atoms with Gasteiger partial charge in [-0.3, -0.25) is 4.79 Å².